The molecule has 0 aromatic carbocycles. The molecule has 0 amide bonds. The van der Waals surface area contributed by atoms with E-state index in [9.17, 15) is 0 Å². The lowest BCUT2D eigenvalue weighted by atomic mass is 9.74. The summed E-state index contributed by atoms with van der Waals surface area (Å²) in [5, 5.41) is 0. The second-order valence-electron chi connectivity index (χ2n) is 6.17. The van der Waals surface area contributed by atoms with Crippen molar-refractivity contribution in [1.82, 2.24) is 10.4 Å². The van der Waals surface area contributed by atoms with E-state index in [2.05, 4.69) is 16.5 Å². The Hall–Kier alpha value is -0.970. The molecule has 0 saturated heterocycles. The Morgan fingerprint density at radius 1 is 1.40 bits per heavy atom. The summed E-state index contributed by atoms with van der Waals surface area (Å²) in [5.74, 6) is 6.31. The SMILES string of the molecule is COC1(C(NN)C2CCc3cccnc32)CCCCC1. The highest BCUT2D eigenvalue weighted by Gasteiger charge is 2.46. The highest BCUT2D eigenvalue weighted by atomic mass is 16.5. The first-order valence-electron chi connectivity index (χ1n) is 7.76. The minimum absolute atomic E-state index is 0.128. The van der Waals surface area contributed by atoms with Crippen LogP contribution in [0.3, 0.4) is 0 Å². The molecule has 3 rings (SSSR count). The minimum atomic E-state index is -0.128. The predicted molar refractivity (Wildman–Crippen MR) is 79.2 cm³/mol. The van der Waals surface area contributed by atoms with E-state index in [1.807, 2.05) is 19.4 Å². The lowest BCUT2D eigenvalue weighted by Crippen LogP contribution is -2.58. The molecule has 110 valence electrons. The van der Waals surface area contributed by atoms with Crippen LogP contribution in [0.2, 0.25) is 0 Å². The Labute approximate surface area is 121 Å². The van der Waals surface area contributed by atoms with E-state index in [1.165, 1.54) is 30.5 Å². The number of aromatic nitrogens is 1. The minimum Gasteiger partial charge on any atom is -0.377 e. The zero-order chi connectivity index (χ0) is 14.0. The lowest BCUT2D eigenvalue weighted by Gasteiger charge is -2.44. The van der Waals surface area contributed by atoms with Crippen LogP contribution >= 0.6 is 0 Å². The van der Waals surface area contributed by atoms with Crippen molar-refractivity contribution in [2.45, 2.75) is 62.5 Å². The number of nitrogens with zero attached hydrogens (tertiary/aromatic N) is 1. The van der Waals surface area contributed by atoms with E-state index in [0.29, 0.717) is 5.92 Å². The summed E-state index contributed by atoms with van der Waals surface area (Å²) in [6.45, 7) is 0. The highest BCUT2D eigenvalue weighted by molar-refractivity contribution is 5.31. The van der Waals surface area contributed by atoms with Crippen LogP contribution in [0.15, 0.2) is 18.3 Å². The fraction of sp³-hybridized carbons (Fsp3) is 0.688. The Morgan fingerprint density at radius 3 is 2.90 bits per heavy atom. The lowest BCUT2D eigenvalue weighted by molar-refractivity contribution is -0.0741. The number of nitrogens with two attached hydrogens (primary N) is 1. The molecule has 3 N–H and O–H groups in total. The highest BCUT2D eigenvalue weighted by Crippen LogP contribution is 2.43. The van der Waals surface area contributed by atoms with Gasteiger partial charge < -0.3 is 4.74 Å². The van der Waals surface area contributed by atoms with Gasteiger partial charge in [-0.15, -0.1) is 0 Å². The van der Waals surface area contributed by atoms with Gasteiger partial charge in [-0.05, 0) is 37.3 Å². The second-order valence-corrected chi connectivity index (χ2v) is 6.17. The maximum atomic E-state index is 5.99. The van der Waals surface area contributed by atoms with Crippen molar-refractivity contribution in [3.63, 3.8) is 0 Å². The Bertz CT molecular complexity index is 457. The second kappa shape index (κ2) is 5.80. The monoisotopic (exact) mass is 275 g/mol. The van der Waals surface area contributed by atoms with Gasteiger partial charge in [0.05, 0.1) is 11.6 Å². The number of nitrogens with one attached hydrogen (secondary N) is 1. The standard InChI is InChI=1S/C16H25N3O/c1-20-16(9-3-2-4-10-16)15(19-17)13-8-7-12-6-5-11-18-14(12)13/h5-6,11,13,15,19H,2-4,7-10,17H2,1H3. The van der Waals surface area contributed by atoms with Crippen LogP contribution in [-0.4, -0.2) is 23.7 Å². The van der Waals surface area contributed by atoms with E-state index in [0.717, 1.165) is 25.7 Å². The molecule has 0 bridgehead atoms. The Kier molecular flexibility index (Phi) is 4.06. The number of aryl methyl sites for hydroxylation is 1. The molecule has 1 fully saturated rings. The Balaban J connectivity index is 1.90. The number of hydrazine groups is 1. The third-order valence-corrected chi connectivity index (χ3v) is 5.26. The molecule has 1 aromatic heterocycles. The number of ether oxygens (including phenoxy) is 1. The molecule has 4 heteroatoms. The average Bonchev–Trinajstić information content (AvgIpc) is 2.93. The van der Waals surface area contributed by atoms with Gasteiger partial charge in [-0.2, -0.15) is 0 Å². The van der Waals surface area contributed by atoms with Crippen LogP contribution in [0.25, 0.3) is 0 Å². The van der Waals surface area contributed by atoms with Crippen molar-refractivity contribution in [2.24, 2.45) is 5.84 Å². The summed E-state index contributed by atoms with van der Waals surface area (Å²) in [6, 6.07) is 4.37. The molecule has 1 saturated carbocycles. The van der Waals surface area contributed by atoms with Gasteiger partial charge in [0.2, 0.25) is 0 Å². The molecular weight excluding hydrogens is 250 g/mol. The third-order valence-electron chi connectivity index (χ3n) is 5.26. The first kappa shape index (κ1) is 14.0. The van der Waals surface area contributed by atoms with E-state index >= 15 is 0 Å². The van der Waals surface area contributed by atoms with Crippen LogP contribution in [0.1, 0.15) is 55.7 Å². The van der Waals surface area contributed by atoms with E-state index in [1.54, 1.807) is 0 Å². The van der Waals surface area contributed by atoms with Crippen molar-refractivity contribution < 1.29 is 4.74 Å². The van der Waals surface area contributed by atoms with Gasteiger partial charge in [0.15, 0.2) is 0 Å². The first-order chi connectivity index (χ1) is 9.80. The van der Waals surface area contributed by atoms with Crippen molar-refractivity contribution in [3.8, 4) is 0 Å². The smallest absolute Gasteiger partial charge is 0.0850 e. The number of pyridine rings is 1. The molecule has 2 atom stereocenters. The number of hydrogen-bond donors (Lipinski definition) is 2. The molecule has 0 spiro atoms. The number of fused-ring (bicyclic) bond motifs is 1. The fourth-order valence-corrected chi connectivity index (χ4v) is 4.20. The van der Waals surface area contributed by atoms with E-state index in [4.69, 9.17) is 10.6 Å². The van der Waals surface area contributed by atoms with Gasteiger partial charge in [0, 0.05) is 24.9 Å². The maximum absolute atomic E-state index is 5.99. The first-order valence-corrected chi connectivity index (χ1v) is 7.76. The van der Waals surface area contributed by atoms with Gasteiger partial charge in [-0.25, -0.2) is 0 Å². The zero-order valence-electron chi connectivity index (χ0n) is 12.3. The van der Waals surface area contributed by atoms with Gasteiger partial charge in [0.1, 0.15) is 0 Å². The molecule has 2 aliphatic rings. The molecule has 4 nitrogen and oxygen atoms in total. The van der Waals surface area contributed by atoms with Crippen LogP contribution in [-0.2, 0) is 11.2 Å². The molecule has 20 heavy (non-hydrogen) atoms. The van der Waals surface area contributed by atoms with Crippen LogP contribution in [0.4, 0.5) is 0 Å². The van der Waals surface area contributed by atoms with Crippen molar-refractivity contribution in [1.29, 1.82) is 0 Å². The molecule has 0 aliphatic heterocycles. The van der Waals surface area contributed by atoms with Crippen LogP contribution in [0.5, 0.6) is 0 Å². The predicted octanol–water partition coefficient (Wildman–Crippen LogP) is 2.29. The quantitative estimate of drug-likeness (QED) is 0.654. The van der Waals surface area contributed by atoms with Gasteiger partial charge in [-0.3, -0.25) is 16.3 Å². The van der Waals surface area contributed by atoms with Gasteiger partial charge in [-0.1, -0.05) is 25.3 Å². The Morgan fingerprint density at radius 2 is 2.20 bits per heavy atom. The fourth-order valence-electron chi connectivity index (χ4n) is 4.20. The zero-order valence-corrected chi connectivity index (χ0v) is 12.3. The topological polar surface area (TPSA) is 60.2 Å². The number of methoxy groups -OCH3 is 1. The molecule has 1 heterocycles. The summed E-state index contributed by atoms with van der Waals surface area (Å²) < 4.78 is 5.99. The van der Waals surface area contributed by atoms with Crippen molar-refractivity contribution in [3.05, 3.63) is 29.6 Å². The summed E-state index contributed by atoms with van der Waals surface area (Å²) in [4.78, 5) is 4.62. The molecule has 2 aliphatic carbocycles. The normalized spacial score (nSPS) is 26.2. The molecular formula is C16H25N3O. The van der Waals surface area contributed by atoms with Crippen LogP contribution < -0.4 is 11.3 Å². The van der Waals surface area contributed by atoms with Gasteiger partial charge >= 0.3 is 0 Å². The average molecular weight is 275 g/mol. The van der Waals surface area contributed by atoms with Crippen LogP contribution in [0, 0.1) is 0 Å². The number of hydrogen-bond acceptors (Lipinski definition) is 4. The molecule has 2 unspecified atom stereocenters. The maximum Gasteiger partial charge on any atom is 0.0850 e. The van der Waals surface area contributed by atoms with Crippen molar-refractivity contribution in [2.75, 3.05) is 7.11 Å². The van der Waals surface area contributed by atoms with Gasteiger partial charge in [0.25, 0.3) is 0 Å². The third kappa shape index (κ3) is 2.26. The van der Waals surface area contributed by atoms with E-state index < -0.39 is 0 Å². The van der Waals surface area contributed by atoms with E-state index in [-0.39, 0.29) is 11.6 Å². The summed E-state index contributed by atoms with van der Waals surface area (Å²) in [5.41, 5.74) is 5.55. The summed E-state index contributed by atoms with van der Waals surface area (Å²) in [6.07, 6.45) is 10.1. The molecule has 0 radical (unpaired) electrons. The molecule has 1 aromatic rings. The summed E-state index contributed by atoms with van der Waals surface area (Å²) >= 11 is 0. The summed E-state index contributed by atoms with van der Waals surface area (Å²) in [7, 11) is 1.84. The van der Waals surface area contributed by atoms with Crippen molar-refractivity contribution >= 4 is 0 Å². The largest absolute Gasteiger partial charge is 0.377 e. The number of rotatable bonds is 4.